The number of nitrogens with zero attached hydrogens (tertiary/aromatic N) is 2. The average molecular weight is 384 g/mol. The number of aryl methyl sites for hydroxylation is 1. The Morgan fingerprint density at radius 2 is 1.79 bits per heavy atom. The molecular formula is C23H29FN2O2. The Hall–Kier alpha value is -2.40. The van der Waals surface area contributed by atoms with Gasteiger partial charge in [0.15, 0.2) is 0 Å². The van der Waals surface area contributed by atoms with Crippen molar-refractivity contribution in [1.82, 2.24) is 9.80 Å². The van der Waals surface area contributed by atoms with Crippen LogP contribution in [-0.2, 0) is 11.3 Å². The van der Waals surface area contributed by atoms with Crippen molar-refractivity contribution in [1.29, 1.82) is 0 Å². The fraction of sp³-hybridized carbons (Fsp3) is 0.435. The summed E-state index contributed by atoms with van der Waals surface area (Å²) in [6, 6.07) is 12.4. The van der Waals surface area contributed by atoms with Gasteiger partial charge >= 0.3 is 0 Å². The Morgan fingerprint density at radius 3 is 2.43 bits per heavy atom. The molecule has 1 atom stereocenters. The van der Waals surface area contributed by atoms with E-state index in [9.17, 15) is 14.3 Å². The van der Waals surface area contributed by atoms with Crippen molar-refractivity contribution in [2.75, 3.05) is 19.6 Å². The van der Waals surface area contributed by atoms with Gasteiger partial charge < -0.3 is 10.0 Å². The van der Waals surface area contributed by atoms with Gasteiger partial charge in [-0.3, -0.25) is 9.69 Å². The highest BCUT2D eigenvalue weighted by Crippen LogP contribution is 2.33. The molecule has 1 unspecified atom stereocenters. The van der Waals surface area contributed by atoms with Crippen molar-refractivity contribution in [2.45, 2.75) is 45.7 Å². The molecule has 4 rings (SSSR count). The molecule has 2 aromatic carbocycles. The second kappa shape index (κ2) is 8.74. The van der Waals surface area contributed by atoms with E-state index in [1.54, 1.807) is 25.1 Å². The van der Waals surface area contributed by atoms with Crippen LogP contribution in [0.1, 0.15) is 42.9 Å². The van der Waals surface area contributed by atoms with Crippen molar-refractivity contribution in [3.05, 3.63) is 65.0 Å². The Labute approximate surface area is 166 Å². The minimum Gasteiger partial charge on any atom is -0.508 e. The second-order valence-electron chi connectivity index (χ2n) is 7.39. The molecule has 1 amide bonds. The molecule has 0 radical (unpaired) electrons. The van der Waals surface area contributed by atoms with Gasteiger partial charge in [0.2, 0.25) is 5.91 Å². The fourth-order valence-electron chi connectivity index (χ4n) is 3.90. The normalized spacial score (nSPS) is 19.9. The molecule has 2 heterocycles. The highest BCUT2D eigenvalue weighted by Gasteiger charge is 2.41. The van der Waals surface area contributed by atoms with Crippen LogP contribution in [0.2, 0.25) is 0 Å². The van der Waals surface area contributed by atoms with Crippen LogP contribution in [0.15, 0.2) is 42.5 Å². The summed E-state index contributed by atoms with van der Waals surface area (Å²) in [7, 11) is 0. The molecule has 150 valence electrons. The molecule has 2 fully saturated rings. The smallest absolute Gasteiger partial charge is 0.240 e. The van der Waals surface area contributed by atoms with Gasteiger partial charge in [-0.15, -0.1) is 0 Å². The molecule has 4 nitrogen and oxygen atoms in total. The first kappa shape index (κ1) is 20.3. The van der Waals surface area contributed by atoms with Crippen molar-refractivity contribution in [3.8, 4) is 5.75 Å². The lowest BCUT2D eigenvalue weighted by atomic mass is 9.89. The molecule has 0 saturated carbocycles. The molecule has 0 aromatic heterocycles. The largest absolute Gasteiger partial charge is 0.508 e. The number of rotatable bonds is 4. The van der Waals surface area contributed by atoms with Crippen LogP contribution in [0.3, 0.4) is 0 Å². The monoisotopic (exact) mass is 384 g/mol. The molecule has 28 heavy (non-hydrogen) atoms. The summed E-state index contributed by atoms with van der Waals surface area (Å²) >= 11 is 0. The lowest BCUT2D eigenvalue weighted by Gasteiger charge is -2.42. The van der Waals surface area contributed by atoms with Crippen LogP contribution in [-0.4, -0.2) is 46.5 Å². The number of benzene rings is 2. The van der Waals surface area contributed by atoms with E-state index in [-0.39, 0.29) is 23.5 Å². The maximum atomic E-state index is 13.7. The van der Waals surface area contributed by atoms with Gasteiger partial charge in [-0.25, -0.2) is 4.39 Å². The average Bonchev–Trinajstić information content (AvgIpc) is 3.01. The lowest BCUT2D eigenvalue weighted by molar-refractivity contribution is -0.134. The number of hydrogen-bond donors (Lipinski definition) is 1. The maximum Gasteiger partial charge on any atom is 0.240 e. The molecule has 0 spiro atoms. The van der Waals surface area contributed by atoms with Gasteiger partial charge in [-0.1, -0.05) is 38.1 Å². The summed E-state index contributed by atoms with van der Waals surface area (Å²) < 4.78 is 13.7. The van der Waals surface area contributed by atoms with Gasteiger partial charge in [-0.05, 0) is 48.2 Å². The van der Waals surface area contributed by atoms with Crippen molar-refractivity contribution in [3.63, 3.8) is 0 Å². The third kappa shape index (κ3) is 4.20. The standard InChI is InChI=1S/C21H23FN2O2.C2H6/c1-14-2-3-15(10-19(14)22)11-23-9-8-20(21(23)26)24-12-17(13-24)16-4-6-18(25)7-5-16;1-2/h2-7,10,17,20,25H,8-9,11-13H2,1H3;1-2H3. The van der Waals surface area contributed by atoms with Gasteiger partial charge in [0, 0.05) is 32.1 Å². The second-order valence-corrected chi connectivity index (χ2v) is 7.39. The summed E-state index contributed by atoms with van der Waals surface area (Å²) in [4.78, 5) is 16.8. The summed E-state index contributed by atoms with van der Waals surface area (Å²) in [6.45, 7) is 8.67. The zero-order valence-electron chi connectivity index (χ0n) is 16.9. The zero-order valence-corrected chi connectivity index (χ0v) is 16.9. The Morgan fingerprint density at radius 1 is 1.11 bits per heavy atom. The third-order valence-electron chi connectivity index (χ3n) is 5.59. The number of aromatic hydroxyl groups is 1. The Bertz CT molecular complexity index is 816. The van der Waals surface area contributed by atoms with Crippen LogP contribution < -0.4 is 0 Å². The van der Waals surface area contributed by atoms with Crippen LogP contribution in [0, 0.1) is 12.7 Å². The van der Waals surface area contributed by atoms with Crippen molar-refractivity contribution < 1.29 is 14.3 Å². The number of hydrogen-bond acceptors (Lipinski definition) is 3. The first-order valence-corrected chi connectivity index (χ1v) is 10.1. The van der Waals surface area contributed by atoms with E-state index in [0.29, 0.717) is 18.0 Å². The number of carbonyl (C=O) groups excluding carboxylic acids is 1. The van der Waals surface area contributed by atoms with Crippen LogP contribution in [0.5, 0.6) is 5.75 Å². The van der Waals surface area contributed by atoms with Gasteiger partial charge in [0.1, 0.15) is 11.6 Å². The summed E-state index contributed by atoms with van der Waals surface area (Å²) in [5, 5.41) is 9.39. The minimum absolute atomic E-state index is 0.0568. The molecule has 1 N–H and O–H groups in total. The Balaban J connectivity index is 0.00000109. The van der Waals surface area contributed by atoms with Crippen molar-refractivity contribution in [2.24, 2.45) is 0 Å². The first-order chi connectivity index (χ1) is 13.5. The topological polar surface area (TPSA) is 43.8 Å². The molecule has 2 aliphatic rings. The van der Waals surface area contributed by atoms with E-state index in [1.807, 2.05) is 36.9 Å². The number of phenols is 1. The highest BCUT2D eigenvalue weighted by molar-refractivity contribution is 5.84. The molecule has 0 bridgehead atoms. The van der Waals surface area contributed by atoms with E-state index in [4.69, 9.17) is 0 Å². The number of likely N-dealkylation sites (tertiary alicyclic amines) is 2. The van der Waals surface area contributed by atoms with E-state index < -0.39 is 0 Å². The van der Waals surface area contributed by atoms with Crippen LogP contribution in [0.25, 0.3) is 0 Å². The maximum absolute atomic E-state index is 13.7. The lowest BCUT2D eigenvalue weighted by Crippen LogP contribution is -2.53. The molecule has 2 aliphatic heterocycles. The predicted molar refractivity (Wildman–Crippen MR) is 109 cm³/mol. The molecule has 5 heteroatoms. The fourth-order valence-corrected chi connectivity index (χ4v) is 3.90. The predicted octanol–water partition coefficient (Wildman–Crippen LogP) is 4.07. The number of halogens is 1. The highest BCUT2D eigenvalue weighted by atomic mass is 19.1. The summed E-state index contributed by atoms with van der Waals surface area (Å²) in [5.41, 5.74) is 2.67. The van der Waals surface area contributed by atoms with E-state index in [1.165, 1.54) is 11.6 Å². The zero-order chi connectivity index (χ0) is 20.3. The van der Waals surface area contributed by atoms with E-state index >= 15 is 0 Å². The van der Waals surface area contributed by atoms with Crippen molar-refractivity contribution >= 4 is 5.91 Å². The third-order valence-corrected chi connectivity index (χ3v) is 5.59. The van der Waals surface area contributed by atoms with E-state index in [2.05, 4.69) is 4.90 Å². The van der Waals surface area contributed by atoms with E-state index in [0.717, 1.165) is 31.6 Å². The van der Waals surface area contributed by atoms with Gasteiger partial charge in [0.05, 0.1) is 6.04 Å². The summed E-state index contributed by atoms with van der Waals surface area (Å²) in [5.74, 6) is 0.628. The van der Waals surface area contributed by atoms with Gasteiger partial charge in [0.25, 0.3) is 0 Å². The molecule has 0 aliphatic carbocycles. The molecule has 2 saturated heterocycles. The number of amides is 1. The minimum atomic E-state index is -0.217. The van der Waals surface area contributed by atoms with Crippen LogP contribution in [0.4, 0.5) is 4.39 Å². The molecule has 2 aromatic rings. The number of carbonyl (C=O) groups is 1. The van der Waals surface area contributed by atoms with Crippen LogP contribution >= 0.6 is 0 Å². The number of phenolic OH excluding ortho intramolecular Hbond substituents is 1. The SMILES string of the molecule is CC.Cc1ccc(CN2CCC(N3CC(c4ccc(O)cc4)C3)C2=O)cc1F. The first-order valence-electron chi connectivity index (χ1n) is 10.1. The van der Waals surface area contributed by atoms with Gasteiger partial charge in [-0.2, -0.15) is 0 Å². The quantitative estimate of drug-likeness (QED) is 0.864. The summed E-state index contributed by atoms with van der Waals surface area (Å²) in [6.07, 6.45) is 0.829. The Kier molecular flexibility index (Phi) is 6.35. The molecular weight excluding hydrogens is 355 g/mol.